The first-order valence-corrected chi connectivity index (χ1v) is 9.19. The second-order valence-electron chi connectivity index (χ2n) is 5.48. The molecule has 24 heavy (non-hydrogen) atoms. The Bertz CT molecular complexity index is 980. The Morgan fingerprint density at radius 1 is 0.917 bits per heavy atom. The van der Waals surface area contributed by atoms with Gasteiger partial charge in [-0.05, 0) is 28.8 Å². The molecule has 122 valence electrons. The normalized spacial score (nSPS) is 12.0. The number of benzene rings is 3. The zero-order valence-corrected chi connectivity index (χ0v) is 13.8. The number of nitrogens with zero attached hydrogens (tertiary/aromatic N) is 1. The highest BCUT2D eigenvalue weighted by atomic mass is 32.2. The number of fused-ring (bicyclic) bond motifs is 1. The number of aromatic hydroxyl groups is 1. The number of hydrogen-bond donors (Lipinski definition) is 1. The Kier molecular flexibility index (Phi) is 4.62. The molecule has 1 N–H and O–H groups in total. The highest BCUT2D eigenvalue weighted by Gasteiger charge is 2.10. The molecule has 0 heterocycles. The summed E-state index contributed by atoms with van der Waals surface area (Å²) in [6.45, 7) is 0. The first kappa shape index (κ1) is 16.2. The first-order valence-electron chi connectivity index (χ1n) is 7.58. The largest absolute Gasteiger partial charge is 0.507 e. The molecule has 0 aliphatic rings. The Labute approximate surface area is 141 Å². The van der Waals surface area contributed by atoms with Gasteiger partial charge in [0.25, 0.3) is 10.0 Å². The third-order valence-electron chi connectivity index (χ3n) is 3.78. The van der Waals surface area contributed by atoms with Crippen LogP contribution in [0.3, 0.4) is 0 Å². The average Bonchev–Trinajstić information content (AvgIpc) is 2.60. The van der Waals surface area contributed by atoms with Gasteiger partial charge in [-0.15, -0.1) is 0 Å². The van der Waals surface area contributed by atoms with E-state index < -0.39 is 10.0 Å². The van der Waals surface area contributed by atoms with E-state index in [-0.39, 0.29) is 11.5 Å². The lowest BCUT2D eigenvalue weighted by Gasteiger charge is -2.05. The van der Waals surface area contributed by atoms with Crippen molar-refractivity contribution in [2.24, 2.45) is 4.40 Å². The molecule has 3 aromatic carbocycles. The van der Waals surface area contributed by atoms with Crippen LogP contribution in [0.25, 0.3) is 10.8 Å². The van der Waals surface area contributed by atoms with Gasteiger partial charge in [-0.3, -0.25) is 0 Å². The summed E-state index contributed by atoms with van der Waals surface area (Å²) in [6.07, 6.45) is 1.64. The summed E-state index contributed by atoms with van der Waals surface area (Å²) in [5, 5.41) is 11.7. The van der Waals surface area contributed by atoms with Crippen molar-refractivity contribution in [2.45, 2.75) is 6.42 Å². The van der Waals surface area contributed by atoms with E-state index in [0.29, 0.717) is 12.0 Å². The average molecular weight is 339 g/mol. The molecule has 0 unspecified atom stereocenters. The molecule has 0 fully saturated rings. The van der Waals surface area contributed by atoms with Gasteiger partial charge in [-0.25, -0.2) is 8.42 Å². The summed E-state index contributed by atoms with van der Waals surface area (Å²) in [7, 11) is -3.61. The number of phenolic OH excluding ortho intramolecular Hbond substituents is 1. The Balaban J connectivity index is 1.83. The lowest BCUT2D eigenvalue weighted by Crippen LogP contribution is -2.06. The van der Waals surface area contributed by atoms with Crippen molar-refractivity contribution in [1.82, 2.24) is 0 Å². The molecule has 4 nitrogen and oxygen atoms in total. The van der Waals surface area contributed by atoms with Crippen molar-refractivity contribution in [3.63, 3.8) is 0 Å². The van der Waals surface area contributed by atoms with E-state index in [4.69, 9.17) is 0 Å². The molecule has 5 heteroatoms. The number of rotatable bonds is 5. The fourth-order valence-electron chi connectivity index (χ4n) is 2.50. The van der Waals surface area contributed by atoms with Crippen LogP contribution in [0.2, 0.25) is 0 Å². The van der Waals surface area contributed by atoms with Gasteiger partial charge in [0.05, 0.1) is 12.0 Å². The monoisotopic (exact) mass is 339 g/mol. The van der Waals surface area contributed by atoms with E-state index in [1.165, 1.54) is 6.21 Å². The Morgan fingerprint density at radius 2 is 1.62 bits per heavy atom. The molecule has 3 aromatic rings. The lowest BCUT2D eigenvalue weighted by atomic mass is 10.0. The highest BCUT2D eigenvalue weighted by molar-refractivity contribution is 7.90. The molecule has 0 saturated heterocycles. The van der Waals surface area contributed by atoms with Crippen LogP contribution in [0, 0.1) is 0 Å². The van der Waals surface area contributed by atoms with Crippen LogP contribution in [-0.2, 0) is 16.4 Å². The van der Waals surface area contributed by atoms with Gasteiger partial charge >= 0.3 is 0 Å². The summed E-state index contributed by atoms with van der Waals surface area (Å²) in [5.41, 5.74) is 1.36. The van der Waals surface area contributed by atoms with Gasteiger partial charge < -0.3 is 5.11 Å². The number of hydrogen-bond acceptors (Lipinski definition) is 3. The maximum atomic E-state index is 12.1. The molecule has 0 aliphatic carbocycles. The van der Waals surface area contributed by atoms with E-state index in [2.05, 4.69) is 4.40 Å². The minimum Gasteiger partial charge on any atom is -0.507 e. The Hall–Kier alpha value is -2.66. The fourth-order valence-corrected chi connectivity index (χ4v) is 3.36. The second kappa shape index (κ2) is 6.84. The van der Waals surface area contributed by atoms with Crippen LogP contribution in [-0.4, -0.2) is 25.5 Å². The van der Waals surface area contributed by atoms with Gasteiger partial charge in [0, 0.05) is 5.56 Å². The molecular weight excluding hydrogens is 322 g/mol. The van der Waals surface area contributed by atoms with Crippen molar-refractivity contribution in [3.8, 4) is 5.75 Å². The molecule has 0 bridgehead atoms. The predicted octanol–water partition coefficient (Wildman–Crippen LogP) is 3.54. The van der Waals surface area contributed by atoms with Crippen molar-refractivity contribution in [1.29, 1.82) is 0 Å². The molecule has 0 aromatic heterocycles. The summed E-state index contributed by atoms with van der Waals surface area (Å²) in [4.78, 5) is 0. The van der Waals surface area contributed by atoms with Gasteiger partial charge in [-0.2, -0.15) is 4.40 Å². The lowest BCUT2D eigenvalue weighted by molar-refractivity contribution is 0.475. The third-order valence-corrected chi connectivity index (χ3v) is 4.93. The van der Waals surface area contributed by atoms with Gasteiger partial charge in [0.15, 0.2) is 0 Å². The van der Waals surface area contributed by atoms with E-state index in [1.807, 2.05) is 54.6 Å². The molecule has 0 spiro atoms. The molecule has 0 amide bonds. The van der Waals surface area contributed by atoms with Crippen molar-refractivity contribution in [2.75, 3.05) is 5.75 Å². The second-order valence-corrected chi connectivity index (χ2v) is 7.26. The van der Waals surface area contributed by atoms with E-state index in [0.717, 1.165) is 16.3 Å². The van der Waals surface area contributed by atoms with E-state index in [1.54, 1.807) is 12.1 Å². The molecule has 0 atom stereocenters. The molecule has 3 rings (SSSR count). The van der Waals surface area contributed by atoms with Crippen LogP contribution in [0.4, 0.5) is 0 Å². The highest BCUT2D eigenvalue weighted by Crippen LogP contribution is 2.25. The SMILES string of the molecule is O=S(=O)(CCc1ccccc1)N=Cc1c(O)ccc2ccccc12. The van der Waals surface area contributed by atoms with Crippen molar-refractivity contribution < 1.29 is 13.5 Å². The zero-order valence-electron chi connectivity index (χ0n) is 13.0. The van der Waals surface area contributed by atoms with Gasteiger partial charge in [0.2, 0.25) is 0 Å². The first-order chi connectivity index (χ1) is 11.6. The molecule has 0 radical (unpaired) electrons. The number of phenols is 1. The molecular formula is C19H17NO3S. The maximum absolute atomic E-state index is 12.1. The van der Waals surface area contributed by atoms with E-state index in [9.17, 15) is 13.5 Å². The minimum absolute atomic E-state index is 0.00992. The fraction of sp³-hybridized carbons (Fsp3) is 0.105. The molecule has 0 aliphatic heterocycles. The predicted molar refractivity (Wildman–Crippen MR) is 97.1 cm³/mol. The van der Waals surface area contributed by atoms with Crippen LogP contribution in [0.5, 0.6) is 5.75 Å². The number of aryl methyl sites for hydroxylation is 1. The zero-order chi connectivity index (χ0) is 17.0. The molecule has 0 saturated carbocycles. The smallest absolute Gasteiger partial charge is 0.253 e. The van der Waals surface area contributed by atoms with Crippen LogP contribution < -0.4 is 0 Å². The van der Waals surface area contributed by atoms with Gasteiger partial charge in [0.1, 0.15) is 5.75 Å². The van der Waals surface area contributed by atoms with Crippen LogP contribution in [0.15, 0.2) is 71.1 Å². The number of sulfonamides is 1. The van der Waals surface area contributed by atoms with Crippen molar-refractivity contribution >= 4 is 27.0 Å². The van der Waals surface area contributed by atoms with Crippen LogP contribution >= 0.6 is 0 Å². The van der Waals surface area contributed by atoms with Crippen LogP contribution in [0.1, 0.15) is 11.1 Å². The summed E-state index contributed by atoms with van der Waals surface area (Å²) >= 11 is 0. The standard InChI is InChI=1S/C19H17NO3S/c21-19-11-10-16-8-4-5-9-17(16)18(19)14-20-24(22,23)13-12-15-6-2-1-3-7-15/h1-11,14,21H,12-13H2. The van der Waals surface area contributed by atoms with E-state index >= 15 is 0 Å². The quantitative estimate of drug-likeness (QED) is 0.723. The summed E-state index contributed by atoms with van der Waals surface area (Å²) in [5.74, 6) is -0.0605. The van der Waals surface area contributed by atoms with Crippen molar-refractivity contribution in [3.05, 3.63) is 77.9 Å². The summed E-state index contributed by atoms with van der Waals surface area (Å²) < 4.78 is 28.0. The summed E-state index contributed by atoms with van der Waals surface area (Å²) in [6, 6.07) is 20.2. The topological polar surface area (TPSA) is 66.7 Å². The third kappa shape index (κ3) is 3.81. The maximum Gasteiger partial charge on any atom is 0.253 e. The minimum atomic E-state index is -3.61. The van der Waals surface area contributed by atoms with Gasteiger partial charge in [-0.1, -0.05) is 60.7 Å². The Morgan fingerprint density at radius 3 is 2.42 bits per heavy atom.